The van der Waals surface area contributed by atoms with Crippen molar-refractivity contribution in [3.8, 4) is 11.4 Å². The topological polar surface area (TPSA) is 67.6 Å². The minimum Gasteiger partial charge on any atom is -0.303 e. The van der Waals surface area contributed by atoms with Gasteiger partial charge < -0.3 is 4.90 Å². The van der Waals surface area contributed by atoms with Crippen molar-refractivity contribution >= 4 is 61.0 Å². The summed E-state index contributed by atoms with van der Waals surface area (Å²) in [5, 5.41) is 5.02. The number of aryl methyl sites for hydroxylation is 1. The maximum Gasteiger partial charge on any atom is 0.291 e. The molecule has 6 nitrogen and oxygen atoms in total. The average Bonchev–Trinajstić information content (AvgIpc) is 3.47. The molecule has 0 fully saturated rings. The number of nitrogens with zero attached hydrogens (tertiary/aromatic N) is 4. The molecule has 0 atom stereocenters. The second kappa shape index (κ2) is 8.41. The number of carbonyl (C=O) groups is 1. The monoisotopic (exact) mass is 562 g/mol. The Morgan fingerprint density at radius 3 is 2.54 bits per heavy atom. The molecule has 1 aliphatic rings. The fourth-order valence-corrected chi connectivity index (χ4v) is 5.74. The number of hydrogen-bond acceptors (Lipinski definition) is 5. The summed E-state index contributed by atoms with van der Waals surface area (Å²) in [5.74, 6) is 0.226. The van der Waals surface area contributed by atoms with Gasteiger partial charge in [0.05, 0.1) is 17.8 Å². The van der Waals surface area contributed by atoms with Crippen molar-refractivity contribution in [1.82, 2.24) is 14.6 Å². The first-order valence-corrected chi connectivity index (χ1v) is 12.8. The van der Waals surface area contributed by atoms with Crippen LogP contribution in [0.15, 0.2) is 76.0 Å². The van der Waals surface area contributed by atoms with E-state index in [0.29, 0.717) is 38.0 Å². The Morgan fingerprint density at radius 1 is 1.03 bits per heavy atom. The number of aromatic nitrogens is 3. The molecule has 5 aromatic rings. The number of rotatable bonds is 3. The molecule has 0 saturated carbocycles. The van der Waals surface area contributed by atoms with Crippen molar-refractivity contribution in [3.63, 3.8) is 0 Å². The van der Waals surface area contributed by atoms with Crippen LogP contribution in [0.3, 0.4) is 0 Å². The first-order chi connectivity index (χ1) is 16.9. The molecule has 1 amide bonds. The molecule has 3 heterocycles. The number of benzene rings is 3. The van der Waals surface area contributed by atoms with E-state index in [1.165, 1.54) is 15.9 Å². The second-order valence-corrected chi connectivity index (χ2v) is 10.6. The molecule has 1 aliphatic heterocycles. The van der Waals surface area contributed by atoms with Crippen molar-refractivity contribution in [2.45, 2.75) is 13.5 Å². The van der Waals surface area contributed by atoms with Crippen LogP contribution < -0.4 is 15.0 Å². The third-order valence-corrected chi connectivity index (χ3v) is 7.85. The molecule has 2 aromatic heterocycles. The van der Waals surface area contributed by atoms with E-state index in [1.807, 2.05) is 67.6 Å². The summed E-state index contributed by atoms with van der Waals surface area (Å²) in [4.78, 5) is 33.8. The van der Waals surface area contributed by atoms with E-state index in [4.69, 9.17) is 11.6 Å². The molecular formula is C26H16BrClN4O2S. The summed E-state index contributed by atoms with van der Waals surface area (Å²) in [5.41, 5.74) is 4.20. The molecule has 172 valence electrons. The SMILES string of the molecule is Cc1ccc(-c2nc3sc(=C4C(=O)N(Cc5ccccc5Cl)c5ccc(Br)cc54)c(=O)n3n2)cc1. The van der Waals surface area contributed by atoms with E-state index < -0.39 is 0 Å². The Kier molecular flexibility index (Phi) is 5.32. The molecule has 0 bridgehead atoms. The largest absolute Gasteiger partial charge is 0.303 e. The van der Waals surface area contributed by atoms with Crippen LogP contribution >= 0.6 is 38.9 Å². The predicted octanol–water partition coefficient (Wildman–Crippen LogP) is 5.01. The number of anilines is 1. The summed E-state index contributed by atoms with van der Waals surface area (Å²) in [6.07, 6.45) is 0. The molecule has 0 unspecified atom stereocenters. The lowest BCUT2D eigenvalue weighted by Gasteiger charge is -2.18. The van der Waals surface area contributed by atoms with Gasteiger partial charge in [0.2, 0.25) is 4.96 Å². The zero-order valence-electron chi connectivity index (χ0n) is 18.3. The lowest BCUT2D eigenvalue weighted by atomic mass is 10.1. The number of hydrogen-bond donors (Lipinski definition) is 0. The Morgan fingerprint density at radius 2 is 1.80 bits per heavy atom. The Balaban J connectivity index is 1.52. The van der Waals surface area contributed by atoms with Crippen LogP contribution in [0.25, 0.3) is 21.9 Å². The first kappa shape index (κ1) is 22.2. The van der Waals surface area contributed by atoms with Gasteiger partial charge in [0.1, 0.15) is 4.53 Å². The maximum atomic E-state index is 13.7. The molecule has 0 radical (unpaired) electrons. The average molecular weight is 564 g/mol. The molecule has 0 aliphatic carbocycles. The molecule has 6 rings (SSSR count). The summed E-state index contributed by atoms with van der Waals surface area (Å²) < 4.78 is 2.42. The van der Waals surface area contributed by atoms with Crippen molar-refractivity contribution in [1.29, 1.82) is 0 Å². The molecule has 35 heavy (non-hydrogen) atoms. The van der Waals surface area contributed by atoms with Gasteiger partial charge in [0.25, 0.3) is 11.5 Å². The highest BCUT2D eigenvalue weighted by Gasteiger charge is 2.35. The van der Waals surface area contributed by atoms with Gasteiger partial charge in [-0.1, -0.05) is 86.9 Å². The van der Waals surface area contributed by atoms with Gasteiger partial charge in [-0.25, -0.2) is 0 Å². The van der Waals surface area contributed by atoms with E-state index in [1.54, 1.807) is 11.0 Å². The number of thiazole rings is 1. The van der Waals surface area contributed by atoms with Gasteiger partial charge in [-0.15, -0.1) is 5.10 Å². The molecule has 9 heteroatoms. The smallest absolute Gasteiger partial charge is 0.291 e. The molecular weight excluding hydrogens is 548 g/mol. The van der Waals surface area contributed by atoms with Gasteiger partial charge in [0.15, 0.2) is 5.82 Å². The van der Waals surface area contributed by atoms with Crippen LogP contribution in [0, 0.1) is 6.92 Å². The third kappa shape index (κ3) is 3.69. The highest BCUT2D eigenvalue weighted by molar-refractivity contribution is 9.10. The summed E-state index contributed by atoms with van der Waals surface area (Å²) in [6.45, 7) is 2.30. The predicted molar refractivity (Wildman–Crippen MR) is 142 cm³/mol. The van der Waals surface area contributed by atoms with Crippen molar-refractivity contribution in [3.05, 3.63) is 108 Å². The standard InChI is InChI=1S/C26H16BrClN4O2S/c1-14-6-8-15(9-7-14)23-29-26-32(30-23)25(34)22(35-26)21-18-12-17(27)10-11-20(18)31(24(21)33)13-16-4-2-3-5-19(16)28/h2-12H,13H2,1H3. The van der Waals surface area contributed by atoms with E-state index in [-0.39, 0.29) is 11.5 Å². The summed E-state index contributed by atoms with van der Waals surface area (Å²) in [6, 6.07) is 20.8. The fraction of sp³-hybridized carbons (Fsp3) is 0.0769. The molecule has 0 saturated heterocycles. The van der Waals surface area contributed by atoms with Gasteiger partial charge in [-0.2, -0.15) is 9.50 Å². The number of amides is 1. The van der Waals surface area contributed by atoms with E-state index >= 15 is 0 Å². The van der Waals surface area contributed by atoms with Crippen LogP contribution in [0.2, 0.25) is 5.02 Å². The number of carbonyl (C=O) groups excluding carboxylic acids is 1. The van der Waals surface area contributed by atoms with Crippen molar-refractivity contribution < 1.29 is 4.79 Å². The van der Waals surface area contributed by atoms with Crippen LogP contribution in [0.4, 0.5) is 5.69 Å². The van der Waals surface area contributed by atoms with Crippen molar-refractivity contribution in [2.24, 2.45) is 0 Å². The zero-order chi connectivity index (χ0) is 24.3. The Hall–Kier alpha value is -3.33. The van der Waals surface area contributed by atoms with Crippen LogP contribution in [-0.2, 0) is 11.3 Å². The summed E-state index contributed by atoms with van der Waals surface area (Å²) in [7, 11) is 0. The second-order valence-electron chi connectivity index (χ2n) is 8.25. The molecule has 0 N–H and O–H groups in total. The molecule has 0 spiro atoms. The lowest BCUT2D eigenvalue weighted by Crippen LogP contribution is -2.32. The molecule has 3 aromatic carbocycles. The van der Waals surface area contributed by atoms with Gasteiger partial charge in [-0.3, -0.25) is 9.59 Å². The Bertz CT molecular complexity index is 1760. The van der Waals surface area contributed by atoms with Gasteiger partial charge in [-0.05, 0) is 36.8 Å². The summed E-state index contributed by atoms with van der Waals surface area (Å²) >= 11 is 11.0. The highest BCUT2D eigenvalue weighted by Crippen LogP contribution is 2.38. The van der Waals surface area contributed by atoms with E-state index in [0.717, 1.165) is 26.9 Å². The van der Waals surface area contributed by atoms with E-state index in [9.17, 15) is 9.59 Å². The maximum absolute atomic E-state index is 13.7. The van der Waals surface area contributed by atoms with Crippen LogP contribution in [0.5, 0.6) is 0 Å². The quantitative estimate of drug-likeness (QED) is 0.310. The fourth-order valence-electron chi connectivity index (χ4n) is 4.19. The van der Waals surface area contributed by atoms with Crippen LogP contribution in [-0.4, -0.2) is 20.5 Å². The van der Waals surface area contributed by atoms with Crippen molar-refractivity contribution in [2.75, 3.05) is 4.90 Å². The van der Waals surface area contributed by atoms with Gasteiger partial charge in [0, 0.05) is 20.6 Å². The highest BCUT2D eigenvalue weighted by atomic mass is 79.9. The normalized spacial score (nSPS) is 14.7. The van der Waals surface area contributed by atoms with Gasteiger partial charge >= 0.3 is 0 Å². The lowest BCUT2D eigenvalue weighted by molar-refractivity contribution is -0.113. The number of fused-ring (bicyclic) bond motifs is 2. The first-order valence-electron chi connectivity index (χ1n) is 10.8. The minimum atomic E-state index is -0.357. The number of halogens is 2. The Labute approximate surface area is 217 Å². The minimum absolute atomic E-state index is 0.251. The van der Waals surface area contributed by atoms with E-state index in [2.05, 4.69) is 26.0 Å². The van der Waals surface area contributed by atoms with Crippen LogP contribution in [0.1, 0.15) is 16.7 Å². The third-order valence-electron chi connectivity index (χ3n) is 5.96. The zero-order valence-corrected chi connectivity index (χ0v) is 21.5.